The Morgan fingerprint density at radius 3 is 2.83 bits per heavy atom. The van der Waals surface area contributed by atoms with Crippen LogP contribution in [0.3, 0.4) is 0 Å². The Bertz CT molecular complexity index is 963. The molecule has 3 unspecified atom stereocenters. The van der Waals surface area contributed by atoms with E-state index in [4.69, 9.17) is 0 Å². The van der Waals surface area contributed by atoms with Crippen molar-refractivity contribution in [1.82, 2.24) is 29.5 Å². The number of nitrogens with one attached hydrogen (secondary N) is 1. The van der Waals surface area contributed by atoms with Gasteiger partial charge in [-0.1, -0.05) is 12.1 Å². The van der Waals surface area contributed by atoms with Crippen LogP contribution in [-0.4, -0.2) is 50.3 Å². The number of imidazole rings is 1. The van der Waals surface area contributed by atoms with E-state index in [1.54, 1.807) is 12.5 Å². The molecule has 4 rings (SSSR count). The number of amides is 1. The van der Waals surface area contributed by atoms with Gasteiger partial charge in [0.25, 0.3) is 0 Å². The molecule has 1 fully saturated rings. The fourth-order valence-corrected chi connectivity index (χ4v) is 4.25. The molecule has 152 valence electrons. The van der Waals surface area contributed by atoms with Crippen LogP contribution in [0.1, 0.15) is 36.6 Å². The molecule has 2 aromatic heterocycles. The van der Waals surface area contributed by atoms with Gasteiger partial charge in [-0.2, -0.15) is 5.10 Å². The van der Waals surface area contributed by atoms with Crippen molar-refractivity contribution in [3.05, 3.63) is 66.5 Å². The van der Waals surface area contributed by atoms with Gasteiger partial charge in [0.1, 0.15) is 0 Å². The van der Waals surface area contributed by atoms with Crippen molar-refractivity contribution in [3.63, 3.8) is 0 Å². The Morgan fingerprint density at radius 2 is 2.10 bits per heavy atom. The highest BCUT2D eigenvalue weighted by molar-refractivity contribution is 5.80. The summed E-state index contributed by atoms with van der Waals surface area (Å²) in [6.45, 7) is 3.83. The van der Waals surface area contributed by atoms with Gasteiger partial charge in [0, 0.05) is 55.4 Å². The Balaban J connectivity index is 1.50. The average molecular weight is 393 g/mol. The Morgan fingerprint density at radius 1 is 1.24 bits per heavy atom. The smallest absolute Gasteiger partial charge is 0.224 e. The van der Waals surface area contributed by atoms with Gasteiger partial charge in [-0.05, 0) is 50.7 Å². The number of carbonyl (C=O) groups excluding carboxylic acids is 1. The van der Waals surface area contributed by atoms with Crippen LogP contribution in [0.2, 0.25) is 0 Å². The molecule has 7 nitrogen and oxygen atoms in total. The minimum atomic E-state index is -0.0715. The number of aromatic nitrogens is 4. The highest BCUT2D eigenvalue weighted by atomic mass is 16.2. The summed E-state index contributed by atoms with van der Waals surface area (Å²) in [5.41, 5.74) is 3.23. The number of nitrogens with zero attached hydrogens (tertiary/aromatic N) is 5. The van der Waals surface area contributed by atoms with Crippen LogP contribution in [0, 0.1) is 5.92 Å². The number of benzene rings is 1. The SMILES string of the molecule is CC(NC(=O)C1CCN(C)CC1c1ccnn1C)c1cccc(-n2ccnc2)c1. The summed E-state index contributed by atoms with van der Waals surface area (Å²) in [6.07, 6.45) is 8.11. The summed E-state index contributed by atoms with van der Waals surface area (Å²) >= 11 is 0. The quantitative estimate of drug-likeness (QED) is 0.725. The van der Waals surface area contributed by atoms with Crippen LogP contribution in [0.25, 0.3) is 5.69 Å². The summed E-state index contributed by atoms with van der Waals surface area (Å²) in [5.74, 6) is 0.205. The Labute approximate surface area is 171 Å². The van der Waals surface area contributed by atoms with Crippen molar-refractivity contribution in [2.75, 3.05) is 20.1 Å². The lowest BCUT2D eigenvalue weighted by Gasteiger charge is -2.36. The molecular weight excluding hydrogens is 364 g/mol. The standard InChI is InChI=1S/C22H28N6O/c1-16(17-5-4-6-18(13-17)28-12-10-23-15-28)25-22(29)19-8-11-26(2)14-20(19)21-7-9-24-27(21)3/h4-7,9-10,12-13,15-16,19-20H,8,11,14H2,1-3H3,(H,25,29). The number of aryl methyl sites for hydroxylation is 1. The average Bonchev–Trinajstić information content (AvgIpc) is 3.39. The fourth-order valence-electron chi connectivity index (χ4n) is 4.25. The van der Waals surface area contributed by atoms with E-state index >= 15 is 0 Å². The van der Waals surface area contributed by atoms with Gasteiger partial charge in [0.15, 0.2) is 0 Å². The summed E-state index contributed by atoms with van der Waals surface area (Å²) in [5, 5.41) is 7.56. The van der Waals surface area contributed by atoms with Gasteiger partial charge in [-0.3, -0.25) is 9.48 Å². The first-order chi connectivity index (χ1) is 14.0. The van der Waals surface area contributed by atoms with Gasteiger partial charge in [0.05, 0.1) is 12.4 Å². The lowest BCUT2D eigenvalue weighted by atomic mass is 9.82. The lowest BCUT2D eigenvalue weighted by Crippen LogP contribution is -2.45. The molecule has 1 aromatic carbocycles. The van der Waals surface area contributed by atoms with Crippen LogP contribution in [0.4, 0.5) is 0 Å². The zero-order valence-electron chi connectivity index (χ0n) is 17.2. The first kappa shape index (κ1) is 19.4. The van der Waals surface area contributed by atoms with Crippen LogP contribution < -0.4 is 5.32 Å². The summed E-state index contributed by atoms with van der Waals surface area (Å²) in [4.78, 5) is 19.6. The minimum absolute atomic E-state index is 0.0547. The van der Waals surface area contributed by atoms with Gasteiger partial charge >= 0.3 is 0 Å². The molecule has 3 aromatic rings. The lowest BCUT2D eigenvalue weighted by molar-refractivity contribution is -0.127. The molecule has 7 heteroatoms. The molecule has 29 heavy (non-hydrogen) atoms. The third-order valence-electron chi connectivity index (χ3n) is 5.92. The van der Waals surface area contributed by atoms with Crippen molar-refractivity contribution in [1.29, 1.82) is 0 Å². The van der Waals surface area contributed by atoms with E-state index in [-0.39, 0.29) is 23.8 Å². The molecule has 1 amide bonds. The second-order valence-corrected chi connectivity index (χ2v) is 7.94. The molecule has 0 aliphatic carbocycles. The number of carbonyl (C=O) groups is 1. The molecule has 0 spiro atoms. The van der Waals surface area contributed by atoms with E-state index in [2.05, 4.69) is 39.5 Å². The van der Waals surface area contributed by atoms with E-state index in [1.165, 1.54) is 0 Å². The molecular formula is C22H28N6O. The van der Waals surface area contributed by atoms with Gasteiger partial charge in [-0.15, -0.1) is 0 Å². The maximum Gasteiger partial charge on any atom is 0.224 e. The van der Waals surface area contributed by atoms with E-state index in [0.29, 0.717) is 0 Å². The maximum absolute atomic E-state index is 13.2. The first-order valence-corrected chi connectivity index (χ1v) is 10.1. The largest absolute Gasteiger partial charge is 0.349 e. The van der Waals surface area contributed by atoms with Crippen LogP contribution in [0.5, 0.6) is 0 Å². The zero-order valence-corrected chi connectivity index (χ0v) is 17.2. The van der Waals surface area contributed by atoms with Gasteiger partial charge in [0.2, 0.25) is 5.91 Å². The summed E-state index contributed by atoms with van der Waals surface area (Å²) in [7, 11) is 4.06. The monoisotopic (exact) mass is 392 g/mol. The number of hydrogen-bond acceptors (Lipinski definition) is 4. The molecule has 1 saturated heterocycles. The first-order valence-electron chi connectivity index (χ1n) is 10.1. The van der Waals surface area contributed by atoms with Crippen molar-refractivity contribution in [2.24, 2.45) is 13.0 Å². The topological polar surface area (TPSA) is 68.0 Å². The number of hydrogen-bond donors (Lipinski definition) is 1. The molecule has 0 radical (unpaired) electrons. The molecule has 0 bridgehead atoms. The van der Waals surface area contributed by atoms with Crippen molar-refractivity contribution in [2.45, 2.75) is 25.3 Å². The third kappa shape index (κ3) is 4.10. The summed E-state index contributed by atoms with van der Waals surface area (Å²) < 4.78 is 3.86. The molecule has 1 aliphatic rings. The van der Waals surface area contributed by atoms with Crippen LogP contribution in [0.15, 0.2) is 55.2 Å². The zero-order chi connectivity index (χ0) is 20.4. The molecule has 1 aliphatic heterocycles. The summed E-state index contributed by atoms with van der Waals surface area (Å²) in [6, 6.07) is 10.2. The molecule has 0 saturated carbocycles. The Hall–Kier alpha value is -2.93. The third-order valence-corrected chi connectivity index (χ3v) is 5.92. The number of likely N-dealkylation sites (tertiary alicyclic amines) is 1. The second-order valence-electron chi connectivity index (χ2n) is 7.94. The number of piperidine rings is 1. The maximum atomic E-state index is 13.2. The minimum Gasteiger partial charge on any atom is -0.349 e. The van der Waals surface area contributed by atoms with Crippen molar-refractivity contribution < 1.29 is 4.79 Å². The molecule has 3 atom stereocenters. The van der Waals surface area contributed by atoms with Crippen molar-refractivity contribution >= 4 is 5.91 Å². The highest BCUT2D eigenvalue weighted by Gasteiger charge is 2.36. The van der Waals surface area contributed by atoms with Crippen LogP contribution in [-0.2, 0) is 11.8 Å². The van der Waals surface area contributed by atoms with Crippen molar-refractivity contribution in [3.8, 4) is 5.69 Å². The molecule has 1 N–H and O–H groups in total. The predicted octanol–water partition coefficient (Wildman–Crippen LogP) is 2.52. The van der Waals surface area contributed by atoms with E-state index < -0.39 is 0 Å². The molecule has 3 heterocycles. The normalized spacial score (nSPS) is 21.1. The number of likely N-dealkylation sites (N-methyl/N-ethyl adjacent to an activating group) is 1. The number of rotatable bonds is 5. The fraction of sp³-hybridized carbons (Fsp3) is 0.409. The predicted molar refractivity (Wildman–Crippen MR) is 112 cm³/mol. The van der Waals surface area contributed by atoms with E-state index in [0.717, 1.165) is 36.5 Å². The van der Waals surface area contributed by atoms with E-state index in [9.17, 15) is 4.79 Å². The second kappa shape index (κ2) is 8.21. The van der Waals surface area contributed by atoms with Gasteiger partial charge < -0.3 is 14.8 Å². The Kier molecular flexibility index (Phi) is 5.49. The van der Waals surface area contributed by atoms with Gasteiger partial charge in [-0.25, -0.2) is 4.98 Å². The van der Waals surface area contributed by atoms with E-state index in [1.807, 2.05) is 53.8 Å². The van der Waals surface area contributed by atoms with Crippen LogP contribution >= 0.6 is 0 Å². The highest BCUT2D eigenvalue weighted by Crippen LogP contribution is 2.32.